The molecule has 154 valence electrons. The number of aromatic amines is 1. The third-order valence-electron chi connectivity index (χ3n) is 6.42. The zero-order valence-corrected chi connectivity index (χ0v) is 17.5. The molecule has 0 saturated carbocycles. The van der Waals surface area contributed by atoms with Gasteiger partial charge in [-0.05, 0) is 68.3 Å². The Bertz CT molecular complexity index is 890. The molecule has 2 heterocycles. The lowest BCUT2D eigenvalue weighted by Gasteiger charge is -2.30. The molecule has 4 rings (SSSR count). The van der Waals surface area contributed by atoms with Crippen LogP contribution in [0.15, 0.2) is 24.3 Å². The minimum absolute atomic E-state index is 0.142. The number of nitrogens with zero attached hydrogens (tertiary/aromatic N) is 1. The van der Waals surface area contributed by atoms with Gasteiger partial charge in [0.05, 0.1) is 0 Å². The Morgan fingerprint density at radius 3 is 2.52 bits per heavy atom. The van der Waals surface area contributed by atoms with Crippen molar-refractivity contribution in [1.29, 1.82) is 0 Å². The Morgan fingerprint density at radius 2 is 1.83 bits per heavy atom. The highest BCUT2D eigenvalue weighted by molar-refractivity contribution is 6.04. The van der Waals surface area contributed by atoms with E-state index in [1.54, 1.807) is 0 Å². The minimum atomic E-state index is -0.142. The second-order valence-electron chi connectivity index (χ2n) is 8.71. The number of likely N-dealkylation sites (tertiary alicyclic amines) is 1. The molecule has 0 unspecified atom stereocenters. The molecule has 0 radical (unpaired) electrons. The van der Waals surface area contributed by atoms with E-state index in [-0.39, 0.29) is 11.7 Å². The van der Waals surface area contributed by atoms with Gasteiger partial charge in [-0.25, -0.2) is 0 Å². The molecule has 2 N–H and O–H groups in total. The van der Waals surface area contributed by atoms with E-state index in [0.717, 1.165) is 47.7 Å². The highest BCUT2D eigenvalue weighted by atomic mass is 16.2. The Morgan fingerprint density at radius 1 is 1.14 bits per heavy atom. The van der Waals surface area contributed by atoms with Gasteiger partial charge in [0.25, 0.3) is 5.91 Å². The van der Waals surface area contributed by atoms with Crippen LogP contribution in [-0.4, -0.2) is 34.7 Å². The zero-order valence-electron chi connectivity index (χ0n) is 17.5. The van der Waals surface area contributed by atoms with Gasteiger partial charge in [-0.1, -0.05) is 31.2 Å². The third kappa shape index (κ3) is 4.45. The first-order valence-corrected chi connectivity index (χ1v) is 10.8. The second kappa shape index (κ2) is 8.54. The van der Waals surface area contributed by atoms with Crippen LogP contribution < -0.4 is 5.32 Å². The second-order valence-corrected chi connectivity index (χ2v) is 8.71. The summed E-state index contributed by atoms with van der Waals surface area (Å²) in [6.07, 6.45) is 4.85. The van der Waals surface area contributed by atoms with Crippen molar-refractivity contribution in [1.82, 2.24) is 15.2 Å². The van der Waals surface area contributed by atoms with Gasteiger partial charge in [-0.15, -0.1) is 0 Å². The molecular weight excluding hydrogens is 362 g/mol. The Balaban J connectivity index is 1.33. The molecule has 1 fully saturated rings. The lowest BCUT2D eigenvalue weighted by atomic mass is 9.94. The molecule has 5 nitrogen and oxygen atoms in total. The summed E-state index contributed by atoms with van der Waals surface area (Å²) in [5.74, 6) is 0.859. The van der Waals surface area contributed by atoms with Crippen LogP contribution in [-0.2, 0) is 19.5 Å². The van der Waals surface area contributed by atoms with Gasteiger partial charge in [-0.2, -0.15) is 0 Å². The lowest BCUT2D eigenvalue weighted by molar-refractivity contribution is 0.0945. The van der Waals surface area contributed by atoms with Crippen LogP contribution in [0, 0.1) is 12.8 Å². The standard InChI is InChI=1S/C24H31N3O2/c1-16-10-12-27(13-11-16)15-19-8-6-18(7-9-19)14-25-24(29)23-17(2)22-20(26-23)4-3-5-21(22)28/h6-9,16,26H,3-5,10-15H2,1-2H3,(H,25,29). The van der Waals surface area contributed by atoms with Gasteiger partial charge in [0.15, 0.2) is 5.78 Å². The molecule has 1 saturated heterocycles. The number of benzene rings is 1. The number of carbonyl (C=O) groups excluding carboxylic acids is 2. The first-order chi connectivity index (χ1) is 14.0. The first-order valence-electron chi connectivity index (χ1n) is 10.8. The highest BCUT2D eigenvalue weighted by Crippen LogP contribution is 2.26. The fraction of sp³-hybridized carbons (Fsp3) is 0.500. The summed E-state index contributed by atoms with van der Waals surface area (Å²) < 4.78 is 0. The number of ketones is 1. The summed E-state index contributed by atoms with van der Waals surface area (Å²) in [5, 5.41) is 2.99. The van der Waals surface area contributed by atoms with Crippen LogP contribution in [0.5, 0.6) is 0 Å². The number of hydrogen-bond acceptors (Lipinski definition) is 3. The van der Waals surface area contributed by atoms with E-state index in [4.69, 9.17) is 0 Å². The van der Waals surface area contributed by atoms with Crippen molar-refractivity contribution < 1.29 is 9.59 Å². The Hall–Kier alpha value is -2.40. The first kappa shape index (κ1) is 19.9. The maximum Gasteiger partial charge on any atom is 0.268 e. The number of rotatable bonds is 5. The van der Waals surface area contributed by atoms with Gasteiger partial charge in [0.2, 0.25) is 0 Å². The van der Waals surface area contributed by atoms with Crippen molar-refractivity contribution >= 4 is 11.7 Å². The fourth-order valence-corrected chi connectivity index (χ4v) is 4.51. The molecule has 2 aliphatic rings. The summed E-state index contributed by atoms with van der Waals surface area (Å²) in [5.41, 5.74) is 5.37. The van der Waals surface area contributed by atoms with E-state index >= 15 is 0 Å². The van der Waals surface area contributed by atoms with Crippen molar-refractivity contribution in [2.45, 2.75) is 59.0 Å². The van der Waals surface area contributed by atoms with Crippen LogP contribution in [0.2, 0.25) is 0 Å². The van der Waals surface area contributed by atoms with Crippen LogP contribution in [0.4, 0.5) is 0 Å². The number of amides is 1. The SMILES string of the molecule is Cc1c(C(=O)NCc2ccc(CN3CCC(C)CC3)cc2)[nH]c2c1C(=O)CCC2. The molecule has 1 aromatic heterocycles. The smallest absolute Gasteiger partial charge is 0.268 e. The van der Waals surface area contributed by atoms with E-state index in [2.05, 4.69) is 46.4 Å². The number of nitrogens with one attached hydrogen (secondary N) is 2. The number of hydrogen-bond donors (Lipinski definition) is 2. The molecule has 5 heteroatoms. The van der Waals surface area contributed by atoms with Gasteiger partial charge in [-0.3, -0.25) is 14.5 Å². The number of Topliss-reactive ketones (excluding diaryl/α,β-unsaturated/α-hetero) is 1. The Kier molecular flexibility index (Phi) is 5.86. The molecule has 1 aliphatic heterocycles. The topological polar surface area (TPSA) is 65.2 Å². The molecule has 1 amide bonds. The average Bonchev–Trinajstić information content (AvgIpc) is 3.07. The number of H-pyrrole nitrogens is 1. The van der Waals surface area contributed by atoms with E-state index in [1.165, 1.54) is 31.5 Å². The van der Waals surface area contributed by atoms with Crippen molar-refractivity contribution in [3.8, 4) is 0 Å². The van der Waals surface area contributed by atoms with Crippen molar-refractivity contribution in [2.24, 2.45) is 5.92 Å². The van der Waals surface area contributed by atoms with Crippen LogP contribution >= 0.6 is 0 Å². The van der Waals surface area contributed by atoms with Crippen LogP contribution in [0.25, 0.3) is 0 Å². The van der Waals surface area contributed by atoms with Crippen LogP contribution in [0.1, 0.15) is 75.8 Å². The number of carbonyl (C=O) groups is 2. The Labute approximate surface area is 172 Å². The van der Waals surface area contributed by atoms with Gasteiger partial charge >= 0.3 is 0 Å². The van der Waals surface area contributed by atoms with Gasteiger partial charge in [0.1, 0.15) is 5.69 Å². The molecule has 2 aromatic rings. The number of fused-ring (bicyclic) bond motifs is 1. The van der Waals surface area contributed by atoms with Gasteiger partial charge < -0.3 is 10.3 Å². The summed E-state index contributed by atoms with van der Waals surface area (Å²) in [6.45, 7) is 8.05. The highest BCUT2D eigenvalue weighted by Gasteiger charge is 2.26. The van der Waals surface area contributed by atoms with Crippen molar-refractivity contribution in [3.05, 3.63) is 57.9 Å². The largest absolute Gasteiger partial charge is 0.354 e. The zero-order chi connectivity index (χ0) is 20.4. The van der Waals surface area contributed by atoms with E-state index in [0.29, 0.717) is 18.7 Å². The molecule has 1 aromatic carbocycles. The average molecular weight is 394 g/mol. The predicted molar refractivity (Wildman–Crippen MR) is 114 cm³/mol. The maximum atomic E-state index is 12.7. The summed E-state index contributed by atoms with van der Waals surface area (Å²) in [6, 6.07) is 8.52. The van der Waals surface area contributed by atoms with Crippen molar-refractivity contribution in [3.63, 3.8) is 0 Å². The molecule has 0 spiro atoms. The molecule has 29 heavy (non-hydrogen) atoms. The molecule has 1 aliphatic carbocycles. The van der Waals surface area contributed by atoms with E-state index in [1.807, 2.05) is 6.92 Å². The van der Waals surface area contributed by atoms with E-state index < -0.39 is 0 Å². The normalized spacial score (nSPS) is 17.9. The minimum Gasteiger partial charge on any atom is -0.354 e. The number of aromatic nitrogens is 1. The maximum absolute atomic E-state index is 12.7. The lowest BCUT2D eigenvalue weighted by Crippen LogP contribution is -2.32. The molecule has 0 bridgehead atoms. The third-order valence-corrected chi connectivity index (χ3v) is 6.42. The van der Waals surface area contributed by atoms with Crippen molar-refractivity contribution in [2.75, 3.05) is 13.1 Å². The molecular formula is C24H31N3O2. The van der Waals surface area contributed by atoms with Gasteiger partial charge in [0, 0.05) is 30.8 Å². The van der Waals surface area contributed by atoms with Crippen LogP contribution in [0.3, 0.4) is 0 Å². The summed E-state index contributed by atoms with van der Waals surface area (Å²) >= 11 is 0. The number of aryl methyl sites for hydroxylation is 1. The summed E-state index contributed by atoms with van der Waals surface area (Å²) in [7, 11) is 0. The molecule has 0 atom stereocenters. The van der Waals surface area contributed by atoms with E-state index in [9.17, 15) is 9.59 Å². The summed E-state index contributed by atoms with van der Waals surface area (Å²) in [4.78, 5) is 30.5. The fourth-order valence-electron chi connectivity index (χ4n) is 4.51. The number of piperidine rings is 1. The predicted octanol–water partition coefficient (Wildman–Crippen LogP) is 4.00. The quantitative estimate of drug-likeness (QED) is 0.807. The monoisotopic (exact) mass is 393 g/mol.